The van der Waals surface area contributed by atoms with E-state index in [9.17, 15) is 4.79 Å². The third-order valence-electron chi connectivity index (χ3n) is 3.83. The lowest BCUT2D eigenvalue weighted by Gasteiger charge is -2.05. The molecule has 23 heavy (non-hydrogen) atoms. The molecule has 4 aromatic rings. The van der Waals surface area contributed by atoms with Gasteiger partial charge in [0.05, 0.1) is 22.8 Å². The molecule has 0 aliphatic heterocycles. The zero-order valence-corrected chi connectivity index (χ0v) is 12.3. The van der Waals surface area contributed by atoms with Gasteiger partial charge >= 0.3 is 0 Å². The van der Waals surface area contributed by atoms with Gasteiger partial charge in [-0.1, -0.05) is 36.4 Å². The van der Waals surface area contributed by atoms with Gasteiger partial charge in [-0.25, -0.2) is 9.97 Å². The van der Waals surface area contributed by atoms with Crippen LogP contribution in [0.1, 0.15) is 15.9 Å². The summed E-state index contributed by atoms with van der Waals surface area (Å²) in [6.45, 7) is 0.483. The van der Waals surface area contributed by atoms with Crippen LogP contribution in [0.25, 0.3) is 16.6 Å². The van der Waals surface area contributed by atoms with Crippen LogP contribution in [-0.2, 0) is 6.54 Å². The highest BCUT2D eigenvalue weighted by atomic mass is 16.1. The predicted octanol–water partition coefficient (Wildman–Crippen LogP) is 2.81. The number of amides is 1. The van der Waals surface area contributed by atoms with Gasteiger partial charge in [0.25, 0.3) is 5.91 Å². The number of hydrogen-bond donors (Lipinski definition) is 1. The van der Waals surface area contributed by atoms with Gasteiger partial charge in [-0.15, -0.1) is 0 Å². The monoisotopic (exact) mass is 302 g/mol. The normalized spacial score (nSPS) is 11.0. The van der Waals surface area contributed by atoms with Crippen molar-refractivity contribution < 1.29 is 4.79 Å². The molecule has 0 fully saturated rings. The van der Waals surface area contributed by atoms with E-state index in [1.165, 1.54) is 6.33 Å². The Balaban J connectivity index is 1.76. The van der Waals surface area contributed by atoms with Gasteiger partial charge in [0.1, 0.15) is 11.8 Å². The number of nitrogens with one attached hydrogen (secondary N) is 1. The molecule has 5 heteroatoms. The number of carbonyl (C=O) groups excluding carboxylic acids is 1. The highest BCUT2D eigenvalue weighted by molar-refractivity contribution is 6.12. The number of carbonyl (C=O) groups is 1. The third-order valence-corrected chi connectivity index (χ3v) is 3.83. The van der Waals surface area contributed by atoms with Crippen molar-refractivity contribution in [2.75, 3.05) is 0 Å². The molecule has 3 aromatic heterocycles. The lowest BCUT2D eigenvalue weighted by atomic mass is 10.2. The van der Waals surface area contributed by atoms with Crippen molar-refractivity contribution in [3.63, 3.8) is 0 Å². The maximum Gasteiger partial charge on any atom is 0.255 e. The van der Waals surface area contributed by atoms with E-state index in [0.29, 0.717) is 17.6 Å². The summed E-state index contributed by atoms with van der Waals surface area (Å²) in [5.74, 6) is -0.133. The molecule has 112 valence electrons. The third kappa shape index (κ3) is 2.32. The average molecular weight is 302 g/mol. The standard InChI is InChI=1S/C18H14N4O/c23-18(20-10-13-6-2-1-3-7-13)16-14-8-4-5-9-22(14)15-11-19-12-21-17(15)16/h1-9,11-12H,10H2,(H,20,23). The summed E-state index contributed by atoms with van der Waals surface area (Å²) >= 11 is 0. The molecule has 5 nitrogen and oxygen atoms in total. The fourth-order valence-corrected chi connectivity index (χ4v) is 2.76. The first kappa shape index (κ1) is 13.5. The molecule has 4 rings (SSSR count). The molecular weight excluding hydrogens is 288 g/mol. The number of hydrogen-bond acceptors (Lipinski definition) is 3. The van der Waals surface area contributed by atoms with Crippen molar-refractivity contribution in [1.82, 2.24) is 19.7 Å². The van der Waals surface area contributed by atoms with E-state index >= 15 is 0 Å². The van der Waals surface area contributed by atoms with Crippen LogP contribution in [0.15, 0.2) is 67.3 Å². The quantitative estimate of drug-likeness (QED) is 0.633. The number of benzene rings is 1. The van der Waals surface area contributed by atoms with E-state index in [1.807, 2.05) is 59.1 Å². The molecule has 0 unspecified atom stereocenters. The van der Waals surface area contributed by atoms with E-state index in [2.05, 4.69) is 15.3 Å². The molecule has 0 saturated heterocycles. The van der Waals surface area contributed by atoms with Gasteiger partial charge in [0.15, 0.2) is 0 Å². The lowest BCUT2D eigenvalue weighted by molar-refractivity contribution is 0.0954. The summed E-state index contributed by atoms with van der Waals surface area (Å²) in [7, 11) is 0. The minimum atomic E-state index is -0.133. The summed E-state index contributed by atoms with van der Waals surface area (Å²) in [6, 6.07) is 15.6. The van der Waals surface area contributed by atoms with Gasteiger partial charge in [-0.05, 0) is 17.7 Å². The highest BCUT2D eigenvalue weighted by Gasteiger charge is 2.18. The molecule has 3 heterocycles. The van der Waals surface area contributed by atoms with Crippen LogP contribution in [0.4, 0.5) is 0 Å². The Morgan fingerprint density at radius 1 is 1.04 bits per heavy atom. The van der Waals surface area contributed by atoms with E-state index in [0.717, 1.165) is 16.6 Å². The minimum Gasteiger partial charge on any atom is -0.348 e. The molecule has 1 N–H and O–H groups in total. The molecule has 0 aliphatic rings. The van der Waals surface area contributed by atoms with Gasteiger partial charge < -0.3 is 9.72 Å². The first-order chi connectivity index (χ1) is 11.3. The van der Waals surface area contributed by atoms with Crippen molar-refractivity contribution in [2.24, 2.45) is 0 Å². The van der Waals surface area contributed by atoms with Crippen LogP contribution in [-0.4, -0.2) is 20.3 Å². The van der Waals surface area contributed by atoms with Crippen molar-refractivity contribution in [1.29, 1.82) is 0 Å². The van der Waals surface area contributed by atoms with E-state index < -0.39 is 0 Å². The van der Waals surface area contributed by atoms with Gasteiger partial charge in [0, 0.05) is 12.7 Å². The summed E-state index contributed by atoms with van der Waals surface area (Å²) in [5, 5.41) is 2.97. The van der Waals surface area contributed by atoms with Gasteiger partial charge in [-0.3, -0.25) is 4.79 Å². The number of pyridine rings is 1. The average Bonchev–Trinajstić information content (AvgIpc) is 2.95. The second-order valence-corrected chi connectivity index (χ2v) is 5.26. The Labute approximate surface area is 132 Å². The van der Waals surface area contributed by atoms with Crippen LogP contribution in [0.2, 0.25) is 0 Å². The summed E-state index contributed by atoms with van der Waals surface area (Å²) in [4.78, 5) is 21.1. The van der Waals surface area contributed by atoms with Gasteiger partial charge in [0.2, 0.25) is 0 Å². The fraction of sp³-hybridized carbons (Fsp3) is 0.0556. The lowest BCUT2D eigenvalue weighted by Crippen LogP contribution is -2.22. The Kier molecular flexibility index (Phi) is 3.24. The number of rotatable bonds is 3. The van der Waals surface area contributed by atoms with E-state index in [-0.39, 0.29) is 5.91 Å². The molecule has 0 radical (unpaired) electrons. The second kappa shape index (κ2) is 5.53. The SMILES string of the molecule is O=C(NCc1ccccc1)c1c2ncncc2n2ccccc12. The number of aromatic nitrogens is 3. The number of fused-ring (bicyclic) bond motifs is 3. The number of nitrogens with zero attached hydrogens (tertiary/aromatic N) is 3. The zero-order chi connectivity index (χ0) is 15.6. The fourth-order valence-electron chi connectivity index (χ4n) is 2.76. The van der Waals surface area contributed by atoms with E-state index in [1.54, 1.807) is 6.20 Å². The van der Waals surface area contributed by atoms with Crippen LogP contribution in [0.5, 0.6) is 0 Å². The highest BCUT2D eigenvalue weighted by Crippen LogP contribution is 2.24. The first-order valence-corrected chi connectivity index (χ1v) is 7.35. The predicted molar refractivity (Wildman–Crippen MR) is 88.1 cm³/mol. The zero-order valence-electron chi connectivity index (χ0n) is 12.3. The van der Waals surface area contributed by atoms with Crippen molar-refractivity contribution in [2.45, 2.75) is 6.54 Å². The largest absolute Gasteiger partial charge is 0.348 e. The Bertz CT molecular complexity index is 938. The maximum atomic E-state index is 12.7. The molecule has 0 atom stereocenters. The topological polar surface area (TPSA) is 59.3 Å². The van der Waals surface area contributed by atoms with Crippen molar-refractivity contribution in [3.8, 4) is 0 Å². The molecule has 0 bridgehead atoms. The molecule has 1 amide bonds. The van der Waals surface area contributed by atoms with Crippen LogP contribution >= 0.6 is 0 Å². The summed E-state index contributed by atoms with van der Waals surface area (Å²) in [5.41, 5.74) is 3.96. The van der Waals surface area contributed by atoms with Gasteiger partial charge in [-0.2, -0.15) is 0 Å². The van der Waals surface area contributed by atoms with Crippen molar-refractivity contribution in [3.05, 3.63) is 78.4 Å². The van der Waals surface area contributed by atoms with Crippen LogP contribution in [0, 0.1) is 0 Å². The second-order valence-electron chi connectivity index (χ2n) is 5.26. The van der Waals surface area contributed by atoms with Crippen LogP contribution < -0.4 is 5.32 Å². The molecular formula is C18H14N4O. The molecule has 1 aromatic carbocycles. The maximum absolute atomic E-state index is 12.7. The summed E-state index contributed by atoms with van der Waals surface area (Å²) < 4.78 is 1.94. The molecule has 0 spiro atoms. The Hall–Kier alpha value is -3.21. The Morgan fingerprint density at radius 2 is 1.87 bits per heavy atom. The van der Waals surface area contributed by atoms with Crippen molar-refractivity contribution >= 4 is 22.5 Å². The van der Waals surface area contributed by atoms with Crippen LogP contribution in [0.3, 0.4) is 0 Å². The first-order valence-electron chi connectivity index (χ1n) is 7.35. The molecule has 0 saturated carbocycles. The summed E-state index contributed by atoms with van der Waals surface area (Å²) in [6.07, 6.45) is 5.11. The molecule has 0 aliphatic carbocycles. The minimum absolute atomic E-state index is 0.133. The smallest absolute Gasteiger partial charge is 0.255 e. The van der Waals surface area contributed by atoms with E-state index in [4.69, 9.17) is 0 Å². The Morgan fingerprint density at radius 3 is 2.74 bits per heavy atom.